The third-order valence-corrected chi connectivity index (χ3v) is 6.22. The van der Waals surface area contributed by atoms with Gasteiger partial charge in [-0.25, -0.2) is 13.4 Å². The van der Waals surface area contributed by atoms with Crippen LogP contribution >= 0.6 is 0 Å². The van der Waals surface area contributed by atoms with Crippen molar-refractivity contribution in [2.75, 3.05) is 17.1 Å². The van der Waals surface area contributed by atoms with Gasteiger partial charge in [-0.3, -0.25) is 9.52 Å². The number of carbonyl (C=O) groups excluding carboxylic acids is 1. The van der Waals surface area contributed by atoms with E-state index in [2.05, 4.69) is 9.82 Å². The van der Waals surface area contributed by atoms with Crippen LogP contribution in [-0.2, 0) is 14.8 Å². The van der Waals surface area contributed by atoms with Crippen molar-refractivity contribution < 1.29 is 17.9 Å². The Hall–Kier alpha value is -2.87. The monoisotopic (exact) mass is 429 g/mol. The summed E-state index contributed by atoms with van der Waals surface area (Å²) < 4.78 is 31.8. The maximum atomic E-state index is 12.6. The summed E-state index contributed by atoms with van der Waals surface area (Å²) in [5.41, 5.74) is 3.05. The molecule has 2 aromatic rings. The zero-order chi connectivity index (χ0) is 21.7. The van der Waals surface area contributed by atoms with Crippen molar-refractivity contribution in [1.29, 1.82) is 0 Å². The lowest BCUT2D eigenvalue weighted by molar-refractivity contribution is -0.132. The number of rotatable bonds is 8. The average molecular weight is 430 g/mol. The van der Waals surface area contributed by atoms with E-state index >= 15 is 0 Å². The van der Waals surface area contributed by atoms with Crippen molar-refractivity contribution in [2.45, 2.75) is 39.7 Å². The summed E-state index contributed by atoms with van der Waals surface area (Å²) in [7, 11) is -3.33. The summed E-state index contributed by atoms with van der Waals surface area (Å²) in [6.07, 6.45) is 0.900. The number of nitrogens with one attached hydrogen (secondary N) is 1. The molecule has 1 amide bonds. The number of amides is 1. The predicted octanol–water partition coefficient (Wildman–Crippen LogP) is 3.93. The number of para-hydroxylation sites is 1. The molecule has 0 saturated carbocycles. The molecule has 8 heteroatoms. The van der Waals surface area contributed by atoms with Crippen LogP contribution in [0.1, 0.15) is 50.8 Å². The molecule has 160 valence electrons. The van der Waals surface area contributed by atoms with E-state index in [0.29, 0.717) is 25.1 Å². The summed E-state index contributed by atoms with van der Waals surface area (Å²) >= 11 is 0. The minimum atomic E-state index is -3.33. The van der Waals surface area contributed by atoms with Gasteiger partial charge in [0.05, 0.1) is 24.1 Å². The molecule has 3 rings (SSSR count). The molecule has 0 aliphatic carbocycles. The molecule has 0 unspecified atom stereocenters. The van der Waals surface area contributed by atoms with E-state index in [-0.39, 0.29) is 17.7 Å². The van der Waals surface area contributed by atoms with E-state index in [9.17, 15) is 13.2 Å². The van der Waals surface area contributed by atoms with Gasteiger partial charge in [0.1, 0.15) is 5.75 Å². The van der Waals surface area contributed by atoms with E-state index in [0.717, 1.165) is 22.6 Å². The van der Waals surface area contributed by atoms with Crippen LogP contribution in [0.25, 0.3) is 0 Å². The molecule has 7 nitrogen and oxygen atoms in total. The predicted molar refractivity (Wildman–Crippen MR) is 118 cm³/mol. The van der Waals surface area contributed by atoms with Crippen LogP contribution in [0.3, 0.4) is 0 Å². The SMILES string of the molecule is CCOc1ccccc1[C@@H]1CC(c2ccc(NS(=O)(=O)CC)cc2)=NN1C(=O)CC. The first-order valence-electron chi connectivity index (χ1n) is 10.1. The van der Waals surface area contributed by atoms with Gasteiger partial charge in [0, 0.05) is 24.1 Å². The number of carbonyl (C=O) groups is 1. The Morgan fingerprint density at radius 1 is 1.13 bits per heavy atom. The maximum absolute atomic E-state index is 12.6. The van der Waals surface area contributed by atoms with Crippen molar-refractivity contribution in [1.82, 2.24) is 5.01 Å². The fraction of sp³-hybridized carbons (Fsp3) is 0.364. The zero-order valence-corrected chi connectivity index (χ0v) is 18.3. The smallest absolute Gasteiger partial charge is 0.242 e. The normalized spacial score (nSPS) is 16.3. The maximum Gasteiger partial charge on any atom is 0.242 e. The summed E-state index contributed by atoms with van der Waals surface area (Å²) in [4.78, 5) is 12.6. The van der Waals surface area contributed by atoms with E-state index in [1.807, 2.05) is 50.2 Å². The fourth-order valence-corrected chi connectivity index (χ4v) is 3.98. The van der Waals surface area contributed by atoms with Crippen LogP contribution in [0, 0.1) is 0 Å². The van der Waals surface area contributed by atoms with Crippen molar-refractivity contribution in [3.8, 4) is 5.75 Å². The molecule has 1 aliphatic rings. The first-order valence-corrected chi connectivity index (χ1v) is 11.8. The Morgan fingerprint density at radius 2 is 1.83 bits per heavy atom. The molecule has 30 heavy (non-hydrogen) atoms. The highest BCUT2D eigenvalue weighted by Gasteiger charge is 2.34. The topological polar surface area (TPSA) is 88.1 Å². The molecule has 1 atom stereocenters. The Labute approximate surface area is 177 Å². The molecular formula is C22H27N3O4S. The van der Waals surface area contributed by atoms with Gasteiger partial charge in [-0.2, -0.15) is 5.10 Å². The second-order valence-corrected chi connectivity index (χ2v) is 8.92. The Bertz CT molecular complexity index is 1030. The molecular weight excluding hydrogens is 402 g/mol. The van der Waals surface area contributed by atoms with Crippen molar-refractivity contribution in [2.24, 2.45) is 5.10 Å². The lowest BCUT2D eigenvalue weighted by atomic mass is 9.97. The molecule has 1 heterocycles. The molecule has 0 saturated heterocycles. The van der Waals surface area contributed by atoms with Crippen LogP contribution in [-0.4, -0.2) is 37.4 Å². The van der Waals surface area contributed by atoms with Crippen molar-refractivity contribution >= 4 is 27.3 Å². The molecule has 0 radical (unpaired) electrons. The number of nitrogens with zero attached hydrogens (tertiary/aromatic N) is 2. The lowest BCUT2D eigenvalue weighted by Crippen LogP contribution is -2.26. The number of hydrogen-bond donors (Lipinski definition) is 1. The standard InChI is InChI=1S/C22H27N3O4S/c1-4-22(26)25-20(18-9-7-8-10-21(18)29-5-2)15-19(23-25)16-11-13-17(14-12-16)24-30(27,28)6-3/h7-14,20,24H,4-6,15H2,1-3H3/t20-/m0/s1. The van der Waals surface area contributed by atoms with Crippen LogP contribution in [0.15, 0.2) is 53.6 Å². The van der Waals surface area contributed by atoms with Crippen molar-refractivity contribution in [3.63, 3.8) is 0 Å². The number of ether oxygens (including phenoxy) is 1. The second-order valence-electron chi connectivity index (χ2n) is 6.91. The Kier molecular flexibility index (Phi) is 6.77. The Morgan fingerprint density at radius 3 is 2.47 bits per heavy atom. The van der Waals surface area contributed by atoms with Crippen LogP contribution in [0.5, 0.6) is 5.75 Å². The molecule has 0 aromatic heterocycles. The van der Waals surface area contributed by atoms with Crippen molar-refractivity contribution in [3.05, 3.63) is 59.7 Å². The van der Waals surface area contributed by atoms with Gasteiger partial charge >= 0.3 is 0 Å². The number of hydrogen-bond acceptors (Lipinski definition) is 5. The first-order chi connectivity index (χ1) is 14.4. The molecule has 1 aliphatic heterocycles. The van der Waals surface area contributed by atoms with Gasteiger partial charge < -0.3 is 4.74 Å². The highest BCUT2D eigenvalue weighted by Crippen LogP contribution is 2.37. The fourth-order valence-electron chi connectivity index (χ4n) is 3.34. The molecule has 0 bridgehead atoms. The number of hydrazone groups is 1. The second kappa shape index (κ2) is 9.30. The number of anilines is 1. The van der Waals surface area contributed by atoms with Gasteiger partial charge in [0.25, 0.3) is 0 Å². The summed E-state index contributed by atoms with van der Waals surface area (Å²) in [6, 6.07) is 14.5. The summed E-state index contributed by atoms with van der Waals surface area (Å²) in [6.45, 7) is 5.87. The average Bonchev–Trinajstić information content (AvgIpc) is 3.19. The lowest BCUT2D eigenvalue weighted by Gasteiger charge is -2.23. The Balaban J connectivity index is 1.89. The van der Waals surface area contributed by atoms with E-state index in [1.54, 1.807) is 24.1 Å². The van der Waals surface area contributed by atoms with Crippen LogP contribution < -0.4 is 9.46 Å². The molecule has 0 spiro atoms. The van der Waals surface area contributed by atoms with Gasteiger partial charge in [-0.05, 0) is 37.6 Å². The largest absolute Gasteiger partial charge is 0.494 e. The number of sulfonamides is 1. The van der Waals surface area contributed by atoms with Gasteiger partial charge in [-0.1, -0.05) is 37.3 Å². The molecule has 0 fully saturated rings. The van der Waals surface area contributed by atoms with E-state index < -0.39 is 10.0 Å². The van der Waals surface area contributed by atoms with Crippen LogP contribution in [0.4, 0.5) is 5.69 Å². The molecule has 2 aromatic carbocycles. The number of benzene rings is 2. The van der Waals surface area contributed by atoms with Gasteiger partial charge in [0.15, 0.2) is 0 Å². The zero-order valence-electron chi connectivity index (χ0n) is 17.5. The minimum absolute atomic E-state index is 0.0104. The summed E-state index contributed by atoms with van der Waals surface area (Å²) in [5.74, 6) is 0.699. The molecule has 1 N–H and O–H groups in total. The van der Waals surface area contributed by atoms with Gasteiger partial charge in [0.2, 0.25) is 15.9 Å². The quantitative estimate of drug-likeness (QED) is 0.689. The summed E-state index contributed by atoms with van der Waals surface area (Å²) in [5, 5.41) is 6.16. The van der Waals surface area contributed by atoms with Gasteiger partial charge in [-0.15, -0.1) is 0 Å². The van der Waals surface area contributed by atoms with Crippen LogP contribution in [0.2, 0.25) is 0 Å². The van der Waals surface area contributed by atoms with E-state index in [1.165, 1.54) is 0 Å². The van der Waals surface area contributed by atoms with E-state index in [4.69, 9.17) is 4.74 Å². The minimum Gasteiger partial charge on any atom is -0.494 e. The third kappa shape index (κ3) is 4.81. The first kappa shape index (κ1) is 21.8. The third-order valence-electron chi connectivity index (χ3n) is 4.92. The highest BCUT2D eigenvalue weighted by atomic mass is 32.2. The highest BCUT2D eigenvalue weighted by molar-refractivity contribution is 7.92.